The summed E-state index contributed by atoms with van der Waals surface area (Å²) < 4.78 is 0. The lowest BCUT2D eigenvalue weighted by Crippen LogP contribution is -2.14. The Hall–Kier alpha value is -3.21. The van der Waals surface area contributed by atoms with Crippen LogP contribution in [0.5, 0.6) is 0 Å². The largest absolute Gasteiger partial charge is 0.340 e. The van der Waals surface area contributed by atoms with Crippen molar-refractivity contribution < 1.29 is 4.79 Å². The van der Waals surface area contributed by atoms with E-state index in [0.717, 1.165) is 28.1 Å². The lowest BCUT2D eigenvalue weighted by Gasteiger charge is -2.09. The van der Waals surface area contributed by atoms with Crippen molar-refractivity contribution in [1.82, 2.24) is 9.97 Å². The average molecular weight is 332 g/mol. The van der Waals surface area contributed by atoms with Crippen LogP contribution >= 0.6 is 0 Å². The van der Waals surface area contributed by atoms with Gasteiger partial charge in [-0.3, -0.25) is 4.79 Å². The van der Waals surface area contributed by atoms with E-state index < -0.39 is 0 Å². The molecule has 5 heteroatoms. The first-order valence-corrected chi connectivity index (χ1v) is 8.05. The van der Waals surface area contributed by atoms with Gasteiger partial charge in [-0.05, 0) is 56.2 Å². The molecule has 0 unspecified atom stereocenters. The molecule has 0 saturated carbocycles. The molecule has 0 bridgehead atoms. The molecule has 0 radical (unpaired) electrons. The minimum absolute atomic E-state index is 0.269. The number of hydrogen-bond donors (Lipinski definition) is 2. The fourth-order valence-electron chi connectivity index (χ4n) is 2.58. The average Bonchev–Trinajstić information content (AvgIpc) is 2.56. The smallest absolute Gasteiger partial charge is 0.274 e. The standard InChI is InChI=1S/C20H20N4O/c1-13-4-6-16(7-5-13)24-20(25)18-11-19(22-12-21-18)23-17-9-14(2)8-15(3)10-17/h4-12H,1-3H3,(H,24,25)(H,21,22,23). The van der Waals surface area contributed by atoms with Gasteiger partial charge in [-0.25, -0.2) is 9.97 Å². The predicted octanol–water partition coefficient (Wildman–Crippen LogP) is 4.40. The normalized spacial score (nSPS) is 10.4. The van der Waals surface area contributed by atoms with E-state index in [1.165, 1.54) is 6.33 Å². The van der Waals surface area contributed by atoms with Crippen LogP contribution in [0.15, 0.2) is 54.9 Å². The minimum Gasteiger partial charge on any atom is -0.340 e. The first kappa shape index (κ1) is 16.6. The number of nitrogens with one attached hydrogen (secondary N) is 2. The van der Waals surface area contributed by atoms with Crippen molar-refractivity contribution in [2.75, 3.05) is 10.6 Å². The highest BCUT2D eigenvalue weighted by Gasteiger charge is 2.09. The number of aromatic nitrogens is 2. The Morgan fingerprint density at radius 2 is 1.48 bits per heavy atom. The molecule has 0 fully saturated rings. The van der Waals surface area contributed by atoms with E-state index in [1.807, 2.05) is 57.2 Å². The van der Waals surface area contributed by atoms with E-state index in [9.17, 15) is 4.79 Å². The van der Waals surface area contributed by atoms with E-state index in [2.05, 4.69) is 26.7 Å². The van der Waals surface area contributed by atoms with Gasteiger partial charge in [0, 0.05) is 17.4 Å². The van der Waals surface area contributed by atoms with Crippen molar-refractivity contribution in [2.24, 2.45) is 0 Å². The van der Waals surface area contributed by atoms with Crippen molar-refractivity contribution in [2.45, 2.75) is 20.8 Å². The van der Waals surface area contributed by atoms with Crippen LogP contribution in [0.2, 0.25) is 0 Å². The fourth-order valence-corrected chi connectivity index (χ4v) is 2.58. The first-order valence-electron chi connectivity index (χ1n) is 8.05. The third-order valence-corrected chi connectivity index (χ3v) is 3.70. The third kappa shape index (κ3) is 4.41. The Labute approximate surface area is 147 Å². The zero-order valence-electron chi connectivity index (χ0n) is 14.5. The van der Waals surface area contributed by atoms with Crippen LogP contribution in [0.1, 0.15) is 27.2 Å². The first-order chi connectivity index (χ1) is 12.0. The highest BCUT2D eigenvalue weighted by Crippen LogP contribution is 2.18. The maximum atomic E-state index is 12.4. The van der Waals surface area contributed by atoms with Gasteiger partial charge in [0.25, 0.3) is 5.91 Å². The molecule has 0 aliphatic rings. The molecule has 0 saturated heterocycles. The maximum Gasteiger partial charge on any atom is 0.274 e. The number of amides is 1. The summed E-state index contributed by atoms with van der Waals surface area (Å²) in [5.41, 5.74) is 5.43. The van der Waals surface area contributed by atoms with Crippen LogP contribution in [0.4, 0.5) is 17.2 Å². The van der Waals surface area contributed by atoms with Crippen LogP contribution in [0.3, 0.4) is 0 Å². The van der Waals surface area contributed by atoms with Gasteiger partial charge in [0.05, 0.1) is 0 Å². The van der Waals surface area contributed by atoms with E-state index >= 15 is 0 Å². The maximum absolute atomic E-state index is 12.4. The molecule has 2 N–H and O–H groups in total. The molecule has 126 valence electrons. The Kier molecular flexibility index (Phi) is 4.75. The molecule has 1 heterocycles. The highest BCUT2D eigenvalue weighted by molar-refractivity contribution is 6.03. The van der Waals surface area contributed by atoms with Crippen molar-refractivity contribution in [3.05, 3.63) is 77.2 Å². The van der Waals surface area contributed by atoms with Gasteiger partial charge >= 0.3 is 0 Å². The summed E-state index contributed by atoms with van der Waals surface area (Å²) >= 11 is 0. The number of aryl methyl sites for hydroxylation is 3. The fraction of sp³-hybridized carbons (Fsp3) is 0.150. The summed E-state index contributed by atoms with van der Waals surface area (Å²) in [5, 5.41) is 6.06. The van der Waals surface area contributed by atoms with Gasteiger partial charge in [0.1, 0.15) is 17.8 Å². The number of nitrogens with zero attached hydrogens (tertiary/aromatic N) is 2. The van der Waals surface area contributed by atoms with E-state index in [0.29, 0.717) is 11.5 Å². The van der Waals surface area contributed by atoms with Gasteiger partial charge in [0.15, 0.2) is 0 Å². The number of rotatable bonds is 4. The number of hydrogen-bond acceptors (Lipinski definition) is 4. The summed E-state index contributed by atoms with van der Waals surface area (Å²) in [4.78, 5) is 20.6. The van der Waals surface area contributed by atoms with Crippen LogP contribution in [-0.2, 0) is 0 Å². The zero-order chi connectivity index (χ0) is 17.8. The minimum atomic E-state index is -0.269. The molecule has 25 heavy (non-hydrogen) atoms. The van der Waals surface area contributed by atoms with E-state index in [4.69, 9.17) is 0 Å². The summed E-state index contributed by atoms with van der Waals surface area (Å²) in [7, 11) is 0. The Morgan fingerprint density at radius 3 is 2.16 bits per heavy atom. The van der Waals surface area contributed by atoms with Gasteiger partial charge in [-0.1, -0.05) is 23.8 Å². The zero-order valence-corrected chi connectivity index (χ0v) is 14.5. The molecular formula is C20H20N4O. The van der Waals surface area contributed by atoms with Crippen molar-refractivity contribution >= 4 is 23.1 Å². The molecule has 0 aliphatic carbocycles. The summed E-state index contributed by atoms with van der Waals surface area (Å²) in [6.45, 7) is 6.08. The second-order valence-electron chi connectivity index (χ2n) is 6.11. The Bertz CT molecular complexity index is 884. The number of anilines is 3. The molecule has 0 aliphatic heterocycles. The van der Waals surface area contributed by atoms with Crippen LogP contribution in [0.25, 0.3) is 0 Å². The monoisotopic (exact) mass is 332 g/mol. The summed E-state index contributed by atoms with van der Waals surface area (Å²) in [6, 6.07) is 15.4. The molecule has 5 nitrogen and oxygen atoms in total. The second-order valence-corrected chi connectivity index (χ2v) is 6.11. The van der Waals surface area contributed by atoms with Gasteiger partial charge < -0.3 is 10.6 Å². The topological polar surface area (TPSA) is 66.9 Å². The van der Waals surface area contributed by atoms with Gasteiger partial charge in [-0.2, -0.15) is 0 Å². The van der Waals surface area contributed by atoms with Crippen molar-refractivity contribution in [3.63, 3.8) is 0 Å². The van der Waals surface area contributed by atoms with Gasteiger partial charge in [0.2, 0.25) is 0 Å². The number of carbonyl (C=O) groups excluding carboxylic acids is 1. The molecule has 0 spiro atoms. The van der Waals surface area contributed by atoms with Crippen LogP contribution < -0.4 is 10.6 Å². The van der Waals surface area contributed by atoms with E-state index in [1.54, 1.807) is 6.07 Å². The molecule has 2 aromatic carbocycles. The molecule has 0 atom stereocenters. The van der Waals surface area contributed by atoms with Crippen LogP contribution in [-0.4, -0.2) is 15.9 Å². The van der Waals surface area contributed by atoms with Gasteiger partial charge in [-0.15, -0.1) is 0 Å². The Balaban J connectivity index is 1.76. The lowest BCUT2D eigenvalue weighted by atomic mass is 10.1. The molecule has 3 rings (SSSR count). The predicted molar refractivity (Wildman–Crippen MR) is 100 cm³/mol. The second kappa shape index (κ2) is 7.13. The van der Waals surface area contributed by atoms with Crippen LogP contribution in [0, 0.1) is 20.8 Å². The number of benzene rings is 2. The highest BCUT2D eigenvalue weighted by atomic mass is 16.1. The van der Waals surface area contributed by atoms with Crippen molar-refractivity contribution in [3.8, 4) is 0 Å². The number of carbonyl (C=O) groups is 1. The summed E-state index contributed by atoms with van der Waals surface area (Å²) in [5.74, 6) is 0.309. The molecule has 1 amide bonds. The molecule has 3 aromatic rings. The lowest BCUT2D eigenvalue weighted by molar-refractivity contribution is 0.102. The molecular weight excluding hydrogens is 312 g/mol. The quantitative estimate of drug-likeness (QED) is 0.743. The summed E-state index contributed by atoms with van der Waals surface area (Å²) in [6.07, 6.45) is 1.38. The molecule has 1 aromatic heterocycles. The SMILES string of the molecule is Cc1ccc(NC(=O)c2cc(Nc3cc(C)cc(C)c3)ncn2)cc1. The van der Waals surface area contributed by atoms with Crippen molar-refractivity contribution in [1.29, 1.82) is 0 Å². The Morgan fingerprint density at radius 1 is 0.800 bits per heavy atom. The van der Waals surface area contributed by atoms with E-state index in [-0.39, 0.29) is 5.91 Å². The third-order valence-electron chi connectivity index (χ3n) is 3.70.